The molecule has 0 aliphatic heterocycles. The molecule has 20 heavy (non-hydrogen) atoms. The highest BCUT2D eigenvalue weighted by Crippen LogP contribution is 2.29. The minimum atomic E-state index is -0.495. The predicted octanol–water partition coefficient (Wildman–Crippen LogP) is 2.90. The van der Waals surface area contributed by atoms with E-state index in [0.717, 1.165) is 6.42 Å². The zero-order valence-electron chi connectivity index (χ0n) is 12.2. The number of amides is 1. The Morgan fingerprint density at radius 3 is 2.55 bits per heavy atom. The highest BCUT2D eigenvalue weighted by molar-refractivity contribution is 6.00. The predicted molar refractivity (Wildman–Crippen MR) is 79.1 cm³/mol. The summed E-state index contributed by atoms with van der Waals surface area (Å²) in [5.74, 6) is -0.291. The molecule has 0 spiro atoms. The molecule has 1 aromatic carbocycles. The van der Waals surface area contributed by atoms with Crippen LogP contribution in [0.4, 0.5) is 11.4 Å². The summed E-state index contributed by atoms with van der Waals surface area (Å²) < 4.78 is 0. The second kappa shape index (κ2) is 7.47. The minimum absolute atomic E-state index is 0.142. The number of nitrogens with one attached hydrogen (secondary N) is 1. The van der Waals surface area contributed by atoms with E-state index in [1.165, 1.54) is 6.07 Å². The van der Waals surface area contributed by atoms with Gasteiger partial charge in [-0.1, -0.05) is 13.0 Å². The summed E-state index contributed by atoms with van der Waals surface area (Å²) >= 11 is 0. The molecule has 1 aromatic rings. The standard InChI is InChI=1S/C14H21N3O3/c1-4-10-16(6-3)14(18)11-8-7-9-12(15-5-2)13(11)17(19)20/h7-9,15H,4-6,10H2,1-3H3. The van der Waals surface area contributed by atoms with Crippen LogP contribution in [0.1, 0.15) is 37.6 Å². The van der Waals surface area contributed by atoms with Gasteiger partial charge in [-0.25, -0.2) is 0 Å². The number of hydrogen-bond acceptors (Lipinski definition) is 4. The van der Waals surface area contributed by atoms with Crippen LogP contribution in [0.3, 0.4) is 0 Å². The summed E-state index contributed by atoms with van der Waals surface area (Å²) in [6, 6.07) is 4.80. The molecule has 6 heteroatoms. The lowest BCUT2D eigenvalue weighted by atomic mass is 10.1. The lowest BCUT2D eigenvalue weighted by Crippen LogP contribution is -2.32. The van der Waals surface area contributed by atoms with Crippen molar-refractivity contribution in [1.29, 1.82) is 0 Å². The quantitative estimate of drug-likeness (QED) is 0.615. The summed E-state index contributed by atoms with van der Waals surface area (Å²) in [5, 5.41) is 14.2. The van der Waals surface area contributed by atoms with E-state index in [4.69, 9.17) is 0 Å². The van der Waals surface area contributed by atoms with Gasteiger partial charge in [0.25, 0.3) is 5.91 Å². The number of hydrogen-bond donors (Lipinski definition) is 1. The fourth-order valence-electron chi connectivity index (χ4n) is 2.09. The first kappa shape index (κ1) is 15.9. The van der Waals surface area contributed by atoms with Crippen molar-refractivity contribution in [1.82, 2.24) is 4.90 Å². The monoisotopic (exact) mass is 279 g/mol. The molecule has 0 unspecified atom stereocenters. The molecule has 0 bridgehead atoms. The maximum atomic E-state index is 12.4. The molecule has 0 saturated carbocycles. The Morgan fingerprint density at radius 1 is 1.35 bits per heavy atom. The van der Waals surface area contributed by atoms with Crippen LogP contribution in [0.5, 0.6) is 0 Å². The van der Waals surface area contributed by atoms with Gasteiger partial charge >= 0.3 is 5.69 Å². The number of nitrogens with zero attached hydrogens (tertiary/aromatic N) is 2. The van der Waals surface area contributed by atoms with E-state index >= 15 is 0 Å². The van der Waals surface area contributed by atoms with Crippen molar-refractivity contribution in [2.24, 2.45) is 0 Å². The molecule has 0 atom stereocenters. The third kappa shape index (κ3) is 3.46. The molecule has 6 nitrogen and oxygen atoms in total. The van der Waals surface area contributed by atoms with E-state index in [2.05, 4.69) is 5.32 Å². The molecule has 0 aromatic heterocycles. The molecule has 0 aliphatic carbocycles. The highest BCUT2D eigenvalue weighted by atomic mass is 16.6. The van der Waals surface area contributed by atoms with Gasteiger partial charge in [-0.05, 0) is 32.4 Å². The minimum Gasteiger partial charge on any atom is -0.380 e. The van der Waals surface area contributed by atoms with Crippen LogP contribution in [-0.4, -0.2) is 35.4 Å². The first-order chi connectivity index (χ1) is 9.56. The van der Waals surface area contributed by atoms with Crippen LogP contribution in [-0.2, 0) is 0 Å². The van der Waals surface area contributed by atoms with Crippen LogP contribution >= 0.6 is 0 Å². The van der Waals surface area contributed by atoms with Crippen LogP contribution in [0, 0.1) is 10.1 Å². The van der Waals surface area contributed by atoms with Crippen molar-refractivity contribution in [3.05, 3.63) is 33.9 Å². The summed E-state index contributed by atoms with van der Waals surface area (Å²) in [7, 11) is 0. The maximum absolute atomic E-state index is 12.4. The van der Waals surface area contributed by atoms with Gasteiger partial charge in [0.2, 0.25) is 0 Å². The van der Waals surface area contributed by atoms with Gasteiger partial charge in [-0.15, -0.1) is 0 Å². The Hall–Kier alpha value is -2.11. The van der Waals surface area contributed by atoms with E-state index in [0.29, 0.717) is 25.3 Å². The lowest BCUT2D eigenvalue weighted by molar-refractivity contribution is -0.384. The Kier molecular flexibility index (Phi) is 5.96. The number of nitro groups is 1. The van der Waals surface area contributed by atoms with E-state index in [1.54, 1.807) is 17.0 Å². The van der Waals surface area contributed by atoms with Crippen LogP contribution in [0.15, 0.2) is 18.2 Å². The molecule has 1 rings (SSSR count). The topological polar surface area (TPSA) is 75.5 Å². The van der Waals surface area contributed by atoms with Crippen molar-refractivity contribution in [3.8, 4) is 0 Å². The number of carbonyl (C=O) groups excluding carboxylic acids is 1. The lowest BCUT2D eigenvalue weighted by Gasteiger charge is -2.20. The second-order valence-electron chi connectivity index (χ2n) is 4.37. The number of para-hydroxylation sites is 1. The van der Waals surface area contributed by atoms with Gasteiger partial charge in [-0.3, -0.25) is 14.9 Å². The zero-order chi connectivity index (χ0) is 15.1. The number of rotatable bonds is 7. The van der Waals surface area contributed by atoms with E-state index in [9.17, 15) is 14.9 Å². The van der Waals surface area contributed by atoms with Gasteiger partial charge in [0.05, 0.1) is 4.92 Å². The smallest absolute Gasteiger partial charge is 0.305 e. The van der Waals surface area contributed by atoms with Crippen molar-refractivity contribution in [3.63, 3.8) is 0 Å². The first-order valence-electron chi connectivity index (χ1n) is 6.87. The second-order valence-corrected chi connectivity index (χ2v) is 4.37. The molecular weight excluding hydrogens is 258 g/mol. The van der Waals surface area contributed by atoms with Crippen LogP contribution in [0.2, 0.25) is 0 Å². The zero-order valence-corrected chi connectivity index (χ0v) is 12.2. The van der Waals surface area contributed by atoms with E-state index < -0.39 is 4.92 Å². The normalized spacial score (nSPS) is 10.2. The molecule has 0 aliphatic rings. The van der Waals surface area contributed by atoms with Crippen LogP contribution in [0.25, 0.3) is 0 Å². The Balaban J connectivity index is 3.25. The fraction of sp³-hybridized carbons (Fsp3) is 0.500. The first-order valence-corrected chi connectivity index (χ1v) is 6.87. The third-order valence-electron chi connectivity index (χ3n) is 2.98. The molecule has 1 amide bonds. The van der Waals surface area contributed by atoms with Gasteiger partial charge < -0.3 is 10.2 Å². The van der Waals surface area contributed by atoms with Crippen molar-refractivity contribution < 1.29 is 9.72 Å². The largest absolute Gasteiger partial charge is 0.380 e. The number of carbonyl (C=O) groups is 1. The molecule has 0 heterocycles. The summed E-state index contributed by atoms with van der Waals surface area (Å²) in [6.07, 6.45) is 0.820. The van der Waals surface area contributed by atoms with Gasteiger partial charge in [0, 0.05) is 19.6 Å². The average Bonchev–Trinajstić information content (AvgIpc) is 2.43. The van der Waals surface area contributed by atoms with Gasteiger partial charge in [-0.2, -0.15) is 0 Å². The maximum Gasteiger partial charge on any atom is 0.305 e. The summed E-state index contributed by atoms with van der Waals surface area (Å²) in [4.78, 5) is 24.9. The van der Waals surface area contributed by atoms with E-state index in [-0.39, 0.29) is 17.2 Å². The number of nitro benzene ring substituents is 1. The average molecular weight is 279 g/mol. The van der Waals surface area contributed by atoms with Crippen molar-refractivity contribution >= 4 is 17.3 Å². The van der Waals surface area contributed by atoms with Crippen LogP contribution < -0.4 is 5.32 Å². The SMILES string of the molecule is CCCN(CC)C(=O)c1cccc(NCC)c1[N+](=O)[O-]. The number of benzene rings is 1. The molecule has 0 fully saturated rings. The van der Waals surface area contributed by atoms with Crippen molar-refractivity contribution in [2.45, 2.75) is 27.2 Å². The van der Waals surface area contributed by atoms with Crippen molar-refractivity contribution in [2.75, 3.05) is 25.0 Å². The molecule has 1 N–H and O–H groups in total. The molecule has 0 radical (unpaired) electrons. The molecular formula is C14H21N3O3. The molecule has 110 valence electrons. The van der Waals surface area contributed by atoms with Gasteiger partial charge in [0.1, 0.15) is 11.3 Å². The Labute approximate surface area is 118 Å². The van der Waals surface area contributed by atoms with E-state index in [1.807, 2.05) is 20.8 Å². The molecule has 0 saturated heterocycles. The Morgan fingerprint density at radius 2 is 2.05 bits per heavy atom. The van der Waals surface area contributed by atoms with Gasteiger partial charge in [0.15, 0.2) is 0 Å². The third-order valence-corrected chi connectivity index (χ3v) is 2.98. The number of anilines is 1. The summed E-state index contributed by atoms with van der Waals surface area (Å²) in [5.41, 5.74) is 0.383. The fourth-order valence-corrected chi connectivity index (χ4v) is 2.09. The summed E-state index contributed by atoms with van der Waals surface area (Å²) in [6.45, 7) is 7.39. The Bertz CT molecular complexity index is 489. The highest BCUT2D eigenvalue weighted by Gasteiger charge is 2.26.